The molecular formula is C25H28N2O3S. The molecule has 1 atom stereocenters. The van der Waals surface area contributed by atoms with Crippen molar-refractivity contribution in [3.63, 3.8) is 0 Å². The van der Waals surface area contributed by atoms with Crippen LogP contribution in [0.15, 0.2) is 63.9 Å². The van der Waals surface area contributed by atoms with Crippen molar-refractivity contribution in [1.82, 2.24) is 10.3 Å². The number of nitrogens with one attached hydrogen (secondary N) is 1. The van der Waals surface area contributed by atoms with Crippen molar-refractivity contribution in [2.24, 2.45) is 0 Å². The van der Waals surface area contributed by atoms with Crippen LogP contribution in [-0.2, 0) is 16.6 Å². The van der Waals surface area contributed by atoms with E-state index in [9.17, 15) is 9.00 Å². The van der Waals surface area contributed by atoms with Crippen molar-refractivity contribution in [3.8, 4) is 11.5 Å². The van der Waals surface area contributed by atoms with Gasteiger partial charge in [-0.3, -0.25) is 9.00 Å². The molecule has 0 bridgehead atoms. The van der Waals surface area contributed by atoms with Gasteiger partial charge in [-0.1, -0.05) is 43.9 Å². The smallest absolute Gasteiger partial charge is 0.251 e. The summed E-state index contributed by atoms with van der Waals surface area (Å²) in [6.07, 6.45) is 7.02. The third kappa shape index (κ3) is 5.50. The molecule has 1 unspecified atom stereocenters. The molecule has 1 fully saturated rings. The van der Waals surface area contributed by atoms with E-state index in [4.69, 9.17) is 4.42 Å². The van der Waals surface area contributed by atoms with E-state index in [-0.39, 0.29) is 11.9 Å². The predicted molar refractivity (Wildman–Crippen MR) is 122 cm³/mol. The maximum absolute atomic E-state index is 12.6. The molecule has 162 valence electrons. The number of rotatable bonds is 6. The van der Waals surface area contributed by atoms with Crippen LogP contribution in [0.3, 0.4) is 0 Å². The lowest BCUT2D eigenvalue weighted by Gasteiger charge is -2.16. The molecule has 1 aliphatic rings. The first-order chi connectivity index (χ1) is 15.1. The number of carbonyl (C=O) groups is 1. The van der Waals surface area contributed by atoms with Gasteiger partial charge >= 0.3 is 0 Å². The van der Waals surface area contributed by atoms with E-state index in [0.29, 0.717) is 28.7 Å². The first-order valence-corrected chi connectivity index (χ1v) is 12.2. The van der Waals surface area contributed by atoms with Gasteiger partial charge in [-0.2, -0.15) is 0 Å². The maximum atomic E-state index is 12.6. The molecule has 2 aromatic carbocycles. The summed E-state index contributed by atoms with van der Waals surface area (Å²) in [4.78, 5) is 17.9. The number of hydrogen-bond acceptors (Lipinski definition) is 4. The fourth-order valence-corrected chi connectivity index (χ4v) is 5.07. The average molecular weight is 437 g/mol. The van der Waals surface area contributed by atoms with Crippen LogP contribution in [0.1, 0.15) is 60.3 Å². The number of oxazole rings is 1. The van der Waals surface area contributed by atoms with Gasteiger partial charge in [0.2, 0.25) is 5.89 Å². The summed E-state index contributed by atoms with van der Waals surface area (Å²) in [5.41, 5.74) is 2.12. The number of amides is 1. The Morgan fingerprint density at radius 2 is 1.71 bits per heavy atom. The normalized spacial score (nSPS) is 15.9. The molecule has 31 heavy (non-hydrogen) atoms. The van der Waals surface area contributed by atoms with Crippen LogP contribution in [0.4, 0.5) is 0 Å². The summed E-state index contributed by atoms with van der Waals surface area (Å²) in [5, 5.41) is 3.17. The molecule has 1 aromatic heterocycles. The van der Waals surface area contributed by atoms with E-state index in [2.05, 4.69) is 10.3 Å². The Bertz CT molecular complexity index is 1040. The third-order valence-corrected chi connectivity index (χ3v) is 7.08. The predicted octanol–water partition coefficient (Wildman–Crippen LogP) is 5.41. The van der Waals surface area contributed by atoms with E-state index in [1.165, 1.54) is 25.7 Å². The number of benzene rings is 2. The van der Waals surface area contributed by atoms with Gasteiger partial charge in [0.1, 0.15) is 5.76 Å². The lowest BCUT2D eigenvalue weighted by molar-refractivity contribution is 0.0933. The Morgan fingerprint density at radius 1 is 1.03 bits per heavy atom. The topological polar surface area (TPSA) is 72.2 Å². The van der Waals surface area contributed by atoms with Gasteiger partial charge in [-0.15, -0.1) is 0 Å². The zero-order valence-electron chi connectivity index (χ0n) is 17.8. The molecule has 3 aromatic rings. The Labute approximate surface area is 185 Å². The van der Waals surface area contributed by atoms with Crippen LogP contribution >= 0.6 is 0 Å². The van der Waals surface area contributed by atoms with E-state index in [1.807, 2.05) is 61.5 Å². The lowest BCUT2D eigenvalue weighted by Crippen LogP contribution is -2.34. The highest BCUT2D eigenvalue weighted by molar-refractivity contribution is 7.84. The molecular weight excluding hydrogens is 408 g/mol. The molecule has 6 heteroatoms. The Hall–Kier alpha value is -2.73. The summed E-state index contributed by atoms with van der Waals surface area (Å²) in [7, 11) is -1.18. The van der Waals surface area contributed by atoms with E-state index in [0.717, 1.165) is 23.3 Å². The number of carbonyl (C=O) groups excluding carboxylic acids is 1. The molecule has 1 saturated carbocycles. The quantitative estimate of drug-likeness (QED) is 0.525. The highest BCUT2D eigenvalue weighted by atomic mass is 32.2. The molecule has 0 spiro atoms. The zero-order valence-corrected chi connectivity index (χ0v) is 18.6. The van der Waals surface area contributed by atoms with E-state index >= 15 is 0 Å². The number of hydrogen-bond donors (Lipinski definition) is 1. The van der Waals surface area contributed by atoms with Gasteiger partial charge in [0.05, 0.1) is 22.2 Å². The van der Waals surface area contributed by atoms with Crippen LogP contribution in [0.25, 0.3) is 11.5 Å². The Balaban J connectivity index is 1.42. The second-order valence-electron chi connectivity index (χ2n) is 8.06. The fourth-order valence-electron chi connectivity index (χ4n) is 3.92. The highest BCUT2D eigenvalue weighted by Crippen LogP contribution is 2.24. The zero-order chi connectivity index (χ0) is 21.6. The molecule has 4 rings (SSSR count). The number of aromatic nitrogens is 1. The third-order valence-electron chi connectivity index (χ3n) is 5.75. The molecule has 0 radical (unpaired) electrons. The fraction of sp³-hybridized carbons (Fsp3) is 0.360. The standard InChI is InChI=1S/C25H28N2O3S/c1-18-23(17-31(29)22-11-7-4-8-12-22)27-25(30-18)20-15-13-19(14-16-20)24(28)26-21-9-5-2-3-6-10-21/h4,7-8,11-16,21H,2-3,5-6,9-10,17H2,1H3,(H,26,28). The van der Waals surface area contributed by atoms with Gasteiger partial charge in [0, 0.05) is 22.1 Å². The van der Waals surface area contributed by atoms with Crippen LogP contribution in [0.5, 0.6) is 0 Å². The summed E-state index contributed by atoms with van der Waals surface area (Å²) in [6.45, 7) is 1.84. The monoisotopic (exact) mass is 436 g/mol. The first-order valence-electron chi connectivity index (χ1n) is 10.9. The summed E-state index contributed by atoms with van der Waals surface area (Å²) < 4.78 is 18.4. The number of nitrogens with zero attached hydrogens (tertiary/aromatic N) is 1. The Kier molecular flexibility index (Phi) is 6.97. The van der Waals surface area contributed by atoms with Crippen LogP contribution in [0.2, 0.25) is 0 Å². The van der Waals surface area contributed by atoms with Crippen LogP contribution in [-0.4, -0.2) is 21.1 Å². The van der Waals surface area contributed by atoms with Crippen molar-refractivity contribution in [1.29, 1.82) is 0 Å². The second-order valence-corrected chi connectivity index (χ2v) is 9.52. The van der Waals surface area contributed by atoms with E-state index < -0.39 is 10.8 Å². The second kappa shape index (κ2) is 10.1. The van der Waals surface area contributed by atoms with Crippen molar-refractivity contribution >= 4 is 16.7 Å². The largest absolute Gasteiger partial charge is 0.441 e. The summed E-state index contributed by atoms with van der Waals surface area (Å²) in [5.74, 6) is 1.42. The van der Waals surface area contributed by atoms with Crippen molar-refractivity contribution in [2.75, 3.05) is 0 Å². The van der Waals surface area contributed by atoms with Gasteiger partial charge in [-0.05, 0) is 56.2 Å². The molecule has 1 aliphatic carbocycles. The Morgan fingerprint density at radius 3 is 2.39 bits per heavy atom. The molecule has 1 amide bonds. The molecule has 1 N–H and O–H groups in total. The number of aryl methyl sites for hydroxylation is 1. The van der Waals surface area contributed by atoms with Crippen LogP contribution in [0, 0.1) is 6.92 Å². The average Bonchev–Trinajstić information content (AvgIpc) is 2.98. The molecule has 1 heterocycles. The minimum atomic E-state index is -1.18. The van der Waals surface area contributed by atoms with E-state index in [1.54, 1.807) is 0 Å². The first kappa shape index (κ1) is 21.5. The minimum Gasteiger partial charge on any atom is -0.441 e. The van der Waals surface area contributed by atoms with Gasteiger partial charge < -0.3 is 9.73 Å². The highest BCUT2D eigenvalue weighted by Gasteiger charge is 2.18. The molecule has 0 aliphatic heterocycles. The summed E-state index contributed by atoms with van der Waals surface area (Å²) >= 11 is 0. The summed E-state index contributed by atoms with van der Waals surface area (Å²) in [6, 6.07) is 17.0. The lowest BCUT2D eigenvalue weighted by atomic mass is 10.1. The SMILES string of the molecule is Cc1oc(-c2ccc(C(=O)NC3CCCCCC3)cc2)nc1CS(=O)c1ccccc1. The van der Waals surface area contributed by atoms with Gasteiger partial charge in [0.25, 0.3) is 5.91 Å². The minimum absolute atomic E-state index is 0.0269. The van der Waals surface area contributed by atoms with Crippen LogP contribution < -0.4 is 5.32 Å². The maximum Gasteiger partial charge on any atom is 0.251 e. The van der Waals surface area contributed by atoms with Gasteiger partial charge in [-0.25, -0.2) is 4.98 Å². The molecule has 5 nitrogen and oxygen atoms in total. The van der Waals surface area contributed by atoms with Crippen molar-refractivity contribution in [2.45, 2.75) is 62.1 Å². The molecule has 0 saturated heterocycles. The van der Waals surface area contributed by atoms with Crippen molar-refractivity contribution < 1.29 is 13.4 Å². The van der Waals surface area contributed by atoms with Crippen molar-refractivity contribution in [3.05, 3.63) is 71.6 Å². The van der Waals surface area contributed by atoms with Gasteiger partial charge in [0.15, 0.2) is 0 Å².